The fourth-order valence-electron chi connectivity index (χ4n) is 2.68. The van der Waals surface area contributed by atoms with Crippen molar-refractivity contribution < 1.29 is 4.84 Å². The predicted molar refractivity (Wildman–Crippen MR) is 87.6 cm³/mol. The van der Waals surface area contributed by atoms with Crippen molar-refractivity contribution in [2.24, 2.45) is 5.16 Å². The average molecular weight is 279 g/mol. The molecule has 108 valence electrons. The van der Waals surface area contributed by atoms with Gasteiger partial charge < -0.3 is 4.84 Å². The molecule has 0 amide bonds. The van der Waals surface area contributed by atoms with E-state index in [0.29, 0.717) is 0 Å². The first-order chi connectivity index (χ1) is 10.3. The topological polar surface area (TPSA) is 21.6 Å². The molecule has 21 heavy (non-hydrogen) atoms. The van der Waals surface area contributed by atoms with Crippen LogP contribution in [-0.2, 0) is 11.3 Å². The maximum Gasteiger partial charge on any atom is 0.130 e. The van der Waals surface area contributed by atoms with E-state index in [1.54, 1.807) is 0 Å². The van der Waals surface area contributed by atoms with Crippen LogP contribution in [0.5, 0.6) is 0 Å². The zero-order valence-corrected chi connectivity index (χ0v) is 12.7. The van der Waals surface area contributed by atoms with Crippen molar-refractivity contribution in [3.63, 3.8) is 0 Å². The highest BCUT2D eigenvalue weighted by Gasteiger charge is 2.17. The first kappa shape index (κ1) is 13.9. The number of hydrogen-bond donors (Lipinski definition) is 0. The molecule has 0 spiro atoms. The standard InChI is InChI=1S/C19H21NO/c1-3-4-15-5-7-16(8-6-15)17-9-11-18(12-10-17)19-13-14(2)21-20-19/h5-12,14H,3-4,13H2,1-2H3. The predicted octanol–water partition coefficient (Wildman–Crippen LogP) is 4.82. The van der Waals surface area contributed by atoms with E-state index in [4.69, 9.17) is 4.84 Å². The van der Waals surface area contributed by atoms with Crippen LogP contribution in [0.3, 0.4) is 0 Å². The lowest BCUT2D eigenvalue weighted by molar-refractivity contribution is 0.0995. The van der Waals surface area contributed by atoms with Gasteiger partial charge in [0.25, 0.3) is 0 Å². The van der Waals surface area contributed by atoms with Gasteiger partial charge in [-0.25, -0.2) is 0 Å². The van der Waals surface area contributed by atoms with Crippen LogP contribution in [-0.4, -0.2) is 11.8 Å². The maximum atomic E-state index is 5.26. The molecule has 0 N–H and O–H groups in total. The van der Waals surface area contributed by atoms with Crippen LogP contribution in [0, 0.1) is 0 Å². The normalized spacial score (nSPS) is 17.4. The molecule has 1 aliphatic rings. The highest BCUT2D eigenvalue weighted by Crippen LogP contribution is 2.23. The van der Waals surface area contributed by atoms with E-state index < -0.39 is 0 Å². The van der Waals surface area contributed by atoms with E-state index in [0.717, 1.165) is 24.1 Å². The molecule has 1 atom stereocenters. The number of benzene rings is 2. The molecule has 2 nitrogen and oxygen atoms in total. The molecule has 1 heterocycles. The molecule has 0 fully saturated rings. The first-order valence-corrected chi connectivity index (χ1v) is 7.68. The Morgan fingerprint density at radius 1 is 0.952 bits per heavy atom. The summed E-state index contributed by atoms with van der Waals surface area (Å²) in [5.74, 6) is 0. The van der Waals surface area contributed by atoms with Crippen LogP contribution in [0.1, 0.15) is 37.8 Å². The lowest BCUT2D eigenvalue weighted by Gasteiger charge is -2.05. The summed E-state index contributed by atoms with van der Waals surface area (Å²) in [6.45, 7) is 4.26. The summed E-state index contributed by atoms with van der Waals surface area (Å²) in [6.07, 6.45) is 3.43. The molecule has 0 aromatic heterocycles. The van der Waals surface area contributed by atoms with Gasteiger partial charge in [-0.3, -0.25) is 0 Å². The smallest absolute Gasteiger partial charge is 0.130 e. The zero-order chi connectivity index (χ0) is 14.7. The quantitative estimate of drug-likeness (QED) is 0.786. The molecular weight excluding hydrogens is 258 g/mol. The molecule has 0 saturated heterocycles. The van der Waals surface area contributed by atoms with Crippen molar-refractivity contribution in [2.45, 2.75) is 39.2 Å². The van der Waals surface area contributed by atoms with Crippen LogP contribution in [0.25, 0.3) is 11.1 Å². The van der Waals surface area contributed by atoms with Crippen LogP contribution in [0.15, 0.2) is 53.7 Å². The van der Waals surface area contributed by atoms with Gasteiger partial charge in [-0.1, -0.05) is 67.0 Å². The third-order valence-electron chi connectivity index (χ3n) is 3.87. The second-order valence-corrected chi connectivity index (χ2v) is 5.68. The Balaban J connectivity index is 1.77. The highest BCUT2D eigenvalue weighted by atomic mass is 16.6. The van der Waals surface area contributed by atoms with Crippen molar-refractivity contribution in [3.8, 4) is 11.1 Å². The van der Waals surface area contributed by atoms with Gasteiger partial charge in [0, 0.05) is 6.42 Å². The average Bonchev–Trinajstić information content (AvgIpc) is 2.95. The second kappa shape index (κ2) is 6.13. The van der Waals surface area contributed by atoms with Crippen molar-refractivity contribution in [1.29, 1.82) is 0 Å². The number of rotatable bonds is 4. The molecular formula is C19H21NO. The van der Waals surface area contributed by atoms with Gasteiger partial charge in [0.2, 0.25) is 0 Å². The minimum Gasteiger partial charge on any atom is -0.392 e. The Kier molecular flexibility index (Phi) is 4.05. The molecule has 0 bridgehead atoms. The van der Waals surface area contributed by atoms with Crippen molar-refractivity contribution in [3.05, 3.63) is 59.7 Å². The van der Waals surface area contributed by atoms with Crippen molar-refractivity contribution in [1.82, 2.24) is 0 Å². The van der Waals surface area contributed by atoms with Gasteiger partial charge in [0.15, 0.2) is 0 Å². The monoisotopic (exact) mass is 279 g/mol. The summed E-state index contributed by atoms with van der Waals surface area (Å²) >= 11 is 0. The van der Waals surface area contributed by atoms with Gasteiger partial charge in [-0.15, -0.1) is 0 Å². The zero-order valence-electron chi connectivity index (χ0n) is 12.7. The van der Waals surface area contributed by atoms with E-state index in [1.807, 2.05) is 6.92 Å². The Labute approximate surface area is 126 Å². The summed E-state index contributed by atoms with van der Waals surface area (Å²) in [7, 11) is 0. The second-order valence-electron chi connectivity index (χ2n) is 5.68. The fourth-order valence-corrected chi connectivity index (χ4v) is 2.68. The molecule has 0 radical (unpaired) electrons. The summed E-state index contributed by atoms with van der Waals surface area (Å²) < 4.78 is 0. The van der Waals surface area contributed by atoms with Crippen molar-refractivity contribution >= 4 is 5.71 Å². The summed E-state index contributed by atoms with van der Waals surface area (Å²) in [4.78, 5) is 5.26. The molecule has 0 aliphatic carbocycles. The molecule has 1 aliphatic heterocycles. The van der Waals surface area contributed by atoms with Gasteiger partial charge in [0.1, 0.15) is 6.10 Å². The molecule has 2 aromatic carbocycles. The van der Waals surface area contributed by atoms with Crippen LogP contribution in [0.4, 0.5) is 0 Å². The maximum absolute atomic E-state index is 5.26. The van der Waals surface area contributed by atoms with Gasteiger partial charge in [0.05, 0.1) is 5.71 Å². The van der Waals surface area contributed by atoms with E-state index in [1.165, 1.54) is 23.1 Å². The minimum absolute atomic E-state index is 0.200. The molecule has 1 unspecified atom stereocenters. The largest absolute Gasteiger partial charge is 0.392 e. The van der Waals surface area contributed by atoms with Gasteiger partial charge >= 0.3 is 0 Å². The number of hydrogen-bond acceptors (Lipinski definition) is 2. The van der Waals surface area contributed by atoms with Crippen LogP contribution < -0.4 is 0 Å². The van der Waals surface area contributed by atoms with Gasteiger partial charge in [-0.2, -0.15) is 0 Å². The Hall–Kier alpha value is -2.09. The Morgan fingerprint density at radius 2 is 1.52 bits per heavy atom. The van der Waals surface area contributed by atoms with E-state index in [9.17, 15) is 0 Å². The molecule has 0 saturated carbocycles. The SMILES string of the molecule is CCCc1ccc(-c2ccc(C3=NOC(C)C3)cc2)cc1. The molecule has 2 aromatic rings. The Bertz CT molecular complexity index is 626. The number of oxime groups is 1. The molecule has 2 heteroatoms. The lowest BCUT2D eigenvalue weighted by Crippen LogP contribution is -2.02. The third kappa shape index (κ3) is 3.15. The Morgan fingerprint density at radius 3 is 2.05 bits per heavy atom. The summed E-state index contributed by atoms with van der Waals surface area (Å²) in [5.41, 5.74) is 6.12. The highest BCUT2D eigenvalue weighted by molar-refractivity contribution is 6.01. The van der Waals surface area contributed by atoms with E-state index in [-0.39, 0.29) is 6.10 Å². The van der Waals surface area contributed by atoms with Crippen LogP contribution in [0.2, 0.25) is 0 Å². The number of nitrogens with zero attached hydrogens (tertiary/aromatic N) is 1. The van der Waals surface area contributed by atoms with Gasteiger partial charge in [-0.05, 0) is 35.6 Å². The first-order valence-electron chi connectivity index (χ1n) is 7.68. The van der Waals surface area contributed by atoms with Crippen LogP contribution >= 0.6 is 0 Å². The fraction of sp³-hybridized carbons (Fsp3) is 0.316. The van der Waals surface area contributed by atoms with E-state index in [2.05, 4.69) is 60.6 Å². The third-order valence-corrected chi connectivity index (χ3v) is 3.87. The summed E-state index contributed by atoms with van der Waals surface area (Å²) in [5, 5.41) is 4.14. The lowest BCUT2D eigenvalue weighted by atomic mass is 9.99. The summed E-state index contributed by atoms with van der Waals surface area (Å²) in [6, 6.07) is 17.5. The number of aryl methyl sites for hydroxylation is 1. The van der Waals surface area contributed by atoms with E-state index >= 15 is 0 Å². The van der Waals surface area contributed by atoms with Crippen molar-refractivity contribution in [2.75, 3.05) is 0 Å². The molecule has 3 rings (SSSR count). The minimum atomic E-state index is 0.200.